The first-order valence-electron chi connectivity index (χ1n) is 6.15. The van der Waals surface area contributed by atoms with E-state index in [4.69, 9.17) is 4.74 Å². The predicted molar refractivity (Wildman–Crippen MR) is 70.4 cm³/mol. The molecule has 0 unspecified atom stereocenters. The lowest BCUT2D eigenvalue weighted by molar-refractivity contribution is 0.0503. The van der Waals surface area contributed by atoms with Gasteiger partial charge in [-0.3, -0.25) is 0 Å². The lowest BCUT2D eigenvalue weighted by Gasteiger charge is -2.15. The molecule has 20 heavy (non-hydrogen) atoms. The second-order valence-corrected chi connectivity index (χ2v) is 4.14. The standard InChI is InChI=1S/C14H16O6/c1-4-8-6-9(12(15)16)11(14(19)20-5-2)10(7(8)3)13(17)18/h6H,4-5H2,1-3H3,(H,15,16)(H,17,18). The van der Waals surface area contributed by atoms with Gasteiger partial charge in [-0.15, -0.1) is 0 Å². The first kappa shape index (κ1) is 15.7. The minimum atomic E-state index is -1.36. The molecule has 1 rings (SSSR count). The van der Waals surface area contributed by atoms with Gasteiger partial charge in [0.1, 0.15) is 0 Å². The number of carboxylic acids is 2. The van der Waals surface area contributed by atoms with Crippen LogP contribution in [0, 0.1) is 6.92 Å². The maximum absolute atomic E-state index is 11.9. The van der Waals surface area contributed by atoms with Crippen molar-refractivity contribution in [2.45, 2.75) is 27.2 Å². The Morgan fingerprint density at radius 2 is 1.70 bits per heavy atom. The van der Waals surface area contributed by atoms with E-state index in [9.17, 15) is 24.6 Å². The molecular formula is C14H16O6. The molecule has 0 spiro atoms. The lowest BCUT2D eigenvalue weighted by atomic mass is 9.91. The Morgan fingerprint density at radius 3 is 2.10 bits per heavy atom. The van der Waals surface area contributed by atoms with Crippen molar-refractivity contribution in [1.82, 2.24) is 0 Å². The van der Waals surface area contributed by atoms with Crippen molar-refractivity contribution >= 4 is 17.9 Å². The van der Waals surface area contributed by atoms with Crippen LogP contribution in [0.4, 0.5) is 0 Å². The van der Waals surface area contributed by atoms with Gasteiger partial charge < -0.3 is 14.9 Å². The first-order valence-corrected chi connectivity index (χ1v) is 6.15. The molecule has 0 aliphatic carbocycles. The van der Waals surface area contributed by atoms with E-state index in [1.54, 1.807) is 20.8 Å². The van der Waals surface area contributed by atoms with Gasteiger partial charge in [-0.05, 0) is 37.5 Å². The Bertz CT molecular complexity index is 574. The third kappa shape index (κ3) is 2.79. The number of carbonyl (C=O) groups excluding carboxylic acids is 1. The van der Waals surface area contributed by atoms with Crippen LogP contribution in [0.2, 0.25) is 0 Å². The molecule has 0 fully saturated rings. The van der Waals surface area contributed by atoms with Gasteiger partial charge >= 0.3 is 17.9 Å². The summed E-state index contributed by atoms with van der Waals surface area (Å²) in [4.78, 5) is 34.6. The van der Waals surface area contributed by atoms with Crippen LogP contribution in [0.3, 0.4) is 0 Å². The van der Waals surface area contributed by atoms with Crippen LogP contribution < -0.4 is 0 Å². The third-order valence-corrected chi connectivity index (χ3v) is 3.00. The number of ether oxygens (including phenoxy) is 1. The fourth-order valence-corrected chi connectivity index (χ4v) is 2.06. The van der Waals surface area contributed by atoms with E-state index < -0.39 is 23.5 Å². The van der Waals surface area contributed by atoms with Gasteiger partial charge in [0.15, 0.2) is 0 Å². The summed E-state index contributed by atoms with van der Waals surface area (Å²) >= 11 is 0. The summed E-state index contributed by atoms with van der Waals surface area (Å²) in [6, 6.07) is 1.33. The van der Waals surface area contributed by atoms with Gasteiger partial charge in [0.25, 0.3) is 0 Å². The number of aromatic carboxylic acids is 2. The number of hydrogen-bond acceptors (Lipinski definition) is 4. The van der Waals surface area contributed by atoms with Crippen LogP contribution in [0.15, 0.2) is 6.07 Å². The van der Waals surface area contributed by atoms with Crippen molar-refractivity contribution < 1.29 is 29.3 Å². The monoisotopic (exact) mass is 280 g/mol. The van der Waals surface area contributed by atoms with E-state index in [0.717, 1.165) is 0 Å². The van der Waals surface area contributed by atoms with Crippen LogP contribution in [0.1, 0.15) is 56.0 Å². The van der Waals surface area contributed by atoms with E-state index in [0.29, 0.717) is 17.5 Å². The molecule has 0 bridgehead atoms. The van der Waals surface area contributed by atoms with Crippen molar-refractivity contribution in [2.75, 3.05) is 6.61 Å². The first-order chi connectivity index (χ1) is 9.34. The highest BCUT2D eigenvalue weighted by Gasteiger charge is 2.28. The molecular weight excluding hydrogens is 264 g/mol. The van der Waals surface area contributed by atoms with Crippen molar-refractivity contribution in [3.63, 3.8) is 0 Å². The minimum Gasteiger partial charge on any atom is -0.478 e. The van der Waals surface area contributed by atoms with Crippen LogP contribution in [0.5, 0.6) is 0 Å². The molecule has 0 aliphatic rings. The van der Waals surface area contributed by atoms with Crippen LogP contribution >= 0.6 is 0 Å². The zero-order valence-electron chi connectivity index (χ0n) is 11.5. The van der Waals surface area contributed by atoms with Gasteiger partial charge in [-0.1, -0.05) is 6.92 Å². The molecule has 1 aromatic carbocycles. The fourth-order valence-electron chi connectivity index (χ4n) is 2.06. The van der Waals surface area contributed by atoms with E-state index >= 15 is 0 Å². The second kappa shape index (κ2) is 6.18. The lowest BCUT2D eigenvalue weighted by Crippen LogP contribution is -2.19. The normalized spacial score (nSPS) is 10.2. The largest absolute Gasteiger partial charge is 0.478 e. The van der Waals surface area contributed by atoms with Crippen LogP contribution in [-0.4, -0.2) is 34.7 Å². The molecule has 1 aromatic rings. The van der Waals surface area contributed by atoms with Gasteiger partial charge in [-0.25, -0.2) is 14.4 Å². The van der Waals surface area contributed by atoms with E-state index in [2.05, 4.69) is 0 Å². The summed E-state index contributed by atoms with van der Waals surface area (Å²) in [6.45, 7) is 4.93. The summed E-state index contributed by atoms with van der Waals surface area (Å²) < 4.78 is 4.77. The molecule has 0 saturated heterocycles. The molecule has 108 valence electrons. The van der Waals surface area contributed by atoms with E-state index in [-0.39, 0.29) is 17.7 Å². The highest BCUT2D eigenvalue weighted by Crippen LogP contribution is 2.25. The molecule has 0 aliphatic heterocycles. The molecule has 6 heteroatoms. The minimum absolute atomic E-state index is 0.0333. The zero-order chi connectivity index (χ0) is 15.4. The van der Waals surface area contributed by atoms with Gasteiger partial charge in [0.05, 0.1) is 23.3 Å². The molecule has 0 amide bonds. The average molecular weight is 280 g/mol. The van der Waals surface area contributed by atoms with E-state index in [1.807, 2.05) is 0 Å². The van der Waals surface area contributed by atoms with Gasteiger partial charge in [-0.2, -0.15) is 0 Å². The maximum atomic E-state index is 11.9. The Hall–Kier alpha value is -2.37. The zero-order valence-corrected chi connectivity index (χ0v) is 11.5. The molecule has 0 heterocycles. The Labute approximate surface area is 116 Å². The molecule has 6 nitrogen and oxygen atoms in total. The number of hydrogen-bond donors (Lipinski definition) is 2. The molecule has 2 N–H and O–H groups in total. The summed E-state index contributed by atoms with van der Waals surface area (Å²) in [5.41, 5.74) is -0.0917. The molecule has 0 atom stereocenters. The third-order valence-electron chi connectivity index (χ3n) is 3.00. The van der Waals surface area contributed by atoms with Gasteiger partial charge in [0, 0.05) is 0 Å². The van der Waals surface area contributed by atoms with Gasteiger partial charge in [0.2, 0.25) is 0 Å². The quantitative estimate of drug-likeness (QED) is 0.801. The summed E-state index contributed by atoms with van der Waals surface area (Å²) in [7, 11) is 0. The molecule has 0 aromatic heterocycles. The summed E-state index contributed by atoms with van der Waals surface area (Å²) in [5.74, 6) is -3.64. The Balaban J connectivity index is 3.75. The number of carbonyl (C=O) groups is 3. The second-order valence-electron chi connectivity index (χ2n) is 4.14. The summed E-state index contributed by atoms with van der Waals surface area (Å²) in [6.07, 6.45) is 0.468. The van der Waals surface area contributed by atoms with Crippen molar-refractivity contribution in [1.29, 1.82) is 0 Å². The maximum Gasteiger partial charge on any atom is 0.339 e. The SMILES string of the molecule is CCOC(=O)c1c(C(=O)O)cc(CC)c(C)c1C(=O)O. The number of esters is 1. The topological polar surface area (TPSA) is 101 Å². The Morgan fingerprint density at radius 1 is 1.10 bits per heavy atom. The average Bonchev–Trinajstić information content (AvgIpc) is 2.37. The molecule has 0 saturated carbocycles. The van der Waals surface area contributed by atoms with Crippen molar-refractivity contribution in [3.05, 3.63) is 33.9 Å². The molecule has 0 radical (unpaired) electrons. The number of rotatable bonds is 5. The number of carboxylic acid groups (broad SMARTS) is 2. The smallest absolute Gasteiger partial charge is 0.339 e. The summed E-state index contributed by atoms with van der Waals surface area (Å²) in [5, 5.41) is 18.5. The Kier molecular flexibility index (Phi) is 4.85. The highest BCUT2D eigenvalue weighted by atomic mass is 16.5. The predicted octanol–water partition coefficient (Wildman–Crippen LogP) is 2.13. The van der Waals surface area contributed by atoms with Crippen molar-refractivity contribution in [3.8, 4) is 0 Å². The van der Waals surface area contributed by atoms with E-state index in [1.165, 1.54) is 6.07 Å². The fraction of sp³-hybridized carbons (Fsp3) is 0.357. The van der Waals surface area contributed by atoms with Crippen LogP contribution in [0.25, 0.3) is 0 Å². The van der Waals surface area contributed by atoms with Crippen LogP contribution in [-0.2, 0) is 11.2 Å². The number of benzene rings is 1. The van der Waals surface area contributed by atoms with Crippen molar-refractivity contribution in [2.24, 2.45) is 0 Å². The highest BCUT2D eigenvalue weighted by molar-refractivity contribution is 6.10. The number of aryl methyl sites for hydroxylation is 1.